The van der Waals surface area contributed by atoms with E-state index in [1.165, 1.54) is 20.0 Å². The van der Waals surface area contributed by atoms with Crippen LogP contribution in [0.15, 0.2) is 36.9 Å². The number of aromatic nitrogens is 4. The van der Waals surface area contributed by atoms with Gasteiger partial charge in [0.25, 0.3) is 0 Å². The van der Waals surface area contributed by atoms with Crippen molar-refractivity contribution in [3.63, 3.8) is 0 Å². The zero-order chi connectivity index (χ0) is 16.5. The number of halogens is 1. The number of methoxy groups -OCH3 is 1. The van der Waals surface area contributed by atoms with Crippen LogP contribution in [-0.4, -0.2) is 47.4 Å². The molecule has 0 N–H and O–H groups in total. The van der Waals surface area contributed by atoms with E-state index in [9.17, 15) is 0 Å². The number of hydrogen-bond acceptors (Lipinski definition) is 7. The number of rotatable bonds is 1. The minimum atomic E-state index is 0. The van der Waals surface area contributed by atoms with E-state index in [0.717, 1.165) is 20.3 Å². The molecule has 1 fully saturated rings. The zero-order valence-electron chi connectivity index (χ0n) is 13.7. The second-order valence-corrected chi connectivity index (χ2v) is 3.91. The Bertz CT molecular complexity index is 443. The fourth-order valence-electron chi connectivity index (χ4n) is 1.18. The van der Waals surface area contributed by atoms with Crippen molar-refractivity contribution in [1.29, 1.82) is 0 Å². The SMILES string of the molecule is C1CCOC1.COc1ncccn1.C[O-].Clc1ncccn1.[Na+]. The summed E-state index contributed by atoms with van der Waals surface area (Å²) in [7, 11) is 2.29. The number of hydrogen-bond donors (Lipinski definition) is 0. The molecule has 2 aromatic heterocycles. The molecule has 2 aromatic rings. The van der Waals surface area contributed by atoms with Crippen LogP contribution < -0.4 is 39.4 Å². The van der Waals surface area contributed by atoms with Gasteiger partial charge in [-0.1, -0.05) is 0 Å². The summed E-state index contributed by atoms with van der Waals surface area (Å²) in [5.74, 6) is 0. The third-order valence-corrected chi connectivity index (χ3v) is 2.28. The second-order valence-electron chi connectivity index (χ2n) is 3.57. The van der Waals surface area contributed by atoms with Crippen LogP contribution in [0.4, 0.5) is 0 Å². The maximum atomic E-state index is 8.25. The fraction of sp³-hybridized carbons (Fsp3) is 0.429. The van der Waals surface area contributed by atoms with Gasteiger partial charge in [-0.05, 0) is 36.6 Å². The van der Waals surface area contributed by atoms with E-state index >= 15 is 0 Å². The largest absolute Gasteiger partial charge is 1.00 e. The molecule has 122 valence electrons. The maximum Gasteiger partial charge on any atom is 1.00 e. The van der Waals surface area contributed by atoms with E-state index in [-0.39, 0.29) is 29.6 Å². The third-order valence-electron chi connectivity index (χ3n) is 2.09. The van der Waals surface area contributed by atoms with Crippen LogP contribution in [0.2, 0.25) is 5.28 Å². The minimum absolute atomic E-state index is 0. The third kappa shape index (κ3) is 15.8. The van der Waals surface area contributed by atoms with E-state index in [4.69, 9.17) is 26.2 Å². The minimum Gasteiger partial charge on any atom is -0.857 e. The van der Waals surface area contributed by atoms with E-state index in [1.54, 1.807) is 36.9 Å². The molecule has 0 bridgehead atoms. The van der Waals surface area contributed by atoms with Crippen LogP contribution in [0.5, 0.6) is 6.01 Å². The Hall–Kier alpha value is -0.830. The Morgan fingerprint density at radius 1 is 0.957 bits per heavy atom. The molecular formula is C14H20ClN4NaO3. The summed E-state index contributed by atoms with van der Waals surface area (Å²) in [5, 5.41) is 8.54. The van der Waals surface area contributed by atoms with Crippen LogP contribution in [-0.2, 0) is 4.74 Å². The van der Waals surface area contributed by atoms with Gasteiger partial charge >= 0.3 is 35.6 Å². The van der Waals surface area contributed by atoms with Gasteiger partial charge in [0.2, 0.25) is 5.28 Å². The van der Waals surface area contributed by atoms with Crippen molar-refractivity contribution >= 4 is 11.6 Å². The number of nitrogens with zero attached hydrogens (tertiary/aromatic N) is 4. The molecule has 9 heteroatoms. The fourth-order valence-corrected chi connectivity index (χ4v) is 1.29. The summed E-state index contributed by atoms with van der Waals surface area (Å²) in [6, 6.07) is 3.86. The molecule has 0 atom stereocenters. The summed E-state index contributed by atoms with van der Waals surface area (Å²) in [6.45, 7) is 2.00. The van der Waals surface area contributed by atoms with Crippen molar-refractivity contribution in [2.24, 2.45) is 0 Å². The van der Waals surface area contributed by atoms with Crippen LogP contribution in [0, 0.1) is 0 Å². The van der Waals surface area contributed by atoms with Crippen molar-refractivity contribution in [3.05, 3.63) is 42.2 Å². The molecule has 0 saturated carbocycles. The number of ether oxygens (including phenoxy) is 2. The van der Waals surface area contributed by atoms with Crippen LogP contribution in [0.3, 0.4) is 0 Å². The molecule has 1 aliphatic rings. The first-order valence-electron chi connectivity index (χ1n) is 6.55. The quantitative estimate of drug-likeness (QED) is 0.451. The van der Waals surface area contributed by atoms with Gasteiger partial charge in [-0.2, -0.15) is 7.11 Å². The van der Waals surface area contributed by atoms with Crippen molar-refractivity contribution in [1.82, 2.24) is 19.9 Å². The molecule has 0 aliphatic carbocycles. The normalized spacial score (nSPS) is 11.1. The summed E-state index contributed by atoms with van der Waals surface area (Å²) in [4.78, 5) is 14.8. The van der Waals surface area contributed by atoms with Gasteiger partial charge in [0.05, 0.1) is 7.11 Å². The molecule has 7 nitrogen and oxygen atoms in total. The Kier molecular flexibility index (Phi) is 20.4. The topological polar surface area (TPSA) is 93.1 Å². The molecule has 3 rings (SSSR count). The van der Waals surface area contributed by atoms with E-state index in [0.29, 0.717) is 11.3 Å². The van der Waals surface area contributed by atoms with Gasteiger partial charge in [0, 0.05) is 38.0 Å². The Morgan fingerprint density at radius 2 is 1.39 bits per heavy atom. The van der Waals surface area contributed by atoms with Gasteiger partial charge in [0.15, 0.2) is 0 Å². The molecule has 23 heavy (non-hydrogen) atoms. The first-order valence-corrected chi connectivity index (χ1v) is 6.93. The summed E-state index contributed by atoms with van der Waals surface area (Å²) in [5.41, 5.74) is 0. The van der Waals surface area contributed by atoms with Gasteiger partial charge in [0.1, 0.15) is 0 Å². The summed E-state index contributed by atoms with van der Waals surface area (Å²) < 4.78 is 9.64. The average Bonchev–Trinajstić information content (AvgIpc) is 3.19. The van der Waals surface area contributed by atoms with Gasteiger partial charge in [-0.3, -0.25) is 0 Å². The first-order chi connectivity index (χ1) is 10.8. The van der Waals surface area contributed by atoms with Crippen molar-refractivity contribution in [3.8, 4) is 6.01 Å². The average molecular weight is 351 g/mol. The Morgan fingerprint density at radius 3 is 1.61 bits per heavy atom. The standard InChI is InChI=1S/C5H6N2O.C4H3ClN2.C4H8O.CH3O.Na/c1-8-5-6-3-2-4-7-5;5-4-6-2-1-3-7-4;1-2-4-5-3-1;1-2;/h2-4H,1H3;1-3H;1-4H2;1H3;/q;;;-1;+1. The molecule has 0 unspecified atom stereocenters. The van der Waals surface area contributed by atoms with E-state index in [1.807, 2.05) is 0 Å². The molecular weight excluding hydrogens is 331 g/mol. The van der Waals surface area contributed by atoms with E-state index < -0.39 is 0 Å². The van der Waals surface area contributed by atoms with Crippen LogP contribution in [0.1, 0.15) is 12.8 Å². The van der Waals surface area contributed by atoms with Crippen molar-refractivity contribution in [2.45, 2.75) is 12.8 Å². The van der Waals surface area contributed by atoms with Gasteiger partial charge < -0.3 is 14.6 Å². The molecule has 3 heterocycles. The smallest absolute Gasteiger partial charge is 0.857 e. The second kappa shape index (κ2) is 19.2. The van der Waals surface area contributed by atoms with E-state index in [2.05, 4.69) is 19.9 Å². The molecule has 1 saturated heterocycles. The molecule has 1 aliphatic heterocycles. The maximum absolute atomic E-state index is 8.25. The Labute approximate surface area is 163 Å². The molecule has 0 radical (unpaired) electrons. The van der Waals surface area contributed by atoms with Gasteiger partial charge in [-0.15, -0.1) is 0 Å². The molecule has 0 aromatic carbocycles. The predicted molar refractivity (Wildman–Crippen MR) is 81.6 cm³/mol. The van der Waals surface area contributed by atoms with Crippen LogP contribution >= 0.6 is 11.6 Å². The molecule has 0 amide bonds. The van der Waals surface area contributed by atoms with Crippen molar-refractivity contribution in [2.75, 3.05) is 27.4 Å². The first kappa shape index (κ1) is 24.4. The van der Waals surface area contributed by atoms with Crippen LogP contribution in [0.25, 0.3) is 0 Å². The predicted octanol–water partition coefficient (Wildman–Crippen LogP) is -1.61. The van der Waals surface area contributed by atoms with Gasteiger partial charge in [-0.25, -0.2) is 19.9 Å². The monoisotopic (exact) mass is 350 g/mol. The van der Waals surface area contributed by atoms with Crippen molar-refractivity contribution < 1.29 is 44.1 Å². The molecule has 0 spiro atoms. The summed E-state index contributed by atoms with van der Waals surface area (Å²) in [6.07, 6.45) is 9.00. The zero-order valence-corrected chi connectivity index (χ0v) is 16.4. The Balaban J connectivity index is 0. The summed E-state index contributed by atoms with van der Waals surface area (Å²) >= 11 is 5.32.